The topological polar surface area (TPSA) is 41.6 Å². The number of amides is 1. The van der Waals surface area contributed by atoms with Gasteiger partial charge in [0.25, 0.3) is 0 Å². The Kier molecular flexibility index (Phi) is 6.42. The molecule has 0 radical (unpaired) electrons. The van der Waals surface area contributed by atoms with Crippen LogP contribution in [0.1, 0.15) is 32.6 Å². The number of methoxy groups -OCH3 is 1. The van der Waals surface area contributed by atoms with Crippen molar-refractivity contribution >= 4 is 5.91 Å². The Morgan fingerprint density at radius 3 is 2.50 bits per heavy atom. The number of likely N-dealkylation sites (tertiary alicyclic amines) is 1. The molecule has 1 aliphatic rings. The third-order valence-corrected chi connectivity index (χ3v) is 2.98. The third-order valence-electron chi connectivity index (χ3n) is 2.98. The molecule has 0 saturated carbocycles. The highest BCUT2D eigenvalue weighted by atomic mass is 16.5. The predicted molar refractivity (Wildman–Crippen MR) is 64.4 cm³/mol. The van der Waals surface area contributed by atoms with Gasteiger partial charge in [-0.25, -0.2) is 0 Å². The van der Waals surface area contributed by atoms with E-state index in [9.17, 15) is 4.79 Å². The van der Waals surface area contributed by atoms with Crippen LogP contribution in [0.3, 0.4) is 0 Å². The summed E-state index contributed by atoms with van der Waals surface area (Å²) in [5.41, 5.74) is 0. The zero-order chi connectivity index (χ0) is 11.8. The van der Waals surface area contributed by atoms with Gasteiger partial charge < -0.3 is 15.0 Å². The van der Waals surface area contributed by atoms with Crippen molar-refractivity contribution in [2.75, 3.05) is 33.4 Å². The van der Waals surface area contributed by atoms with Gasteiger partial charge in [-0.1, -0.05) is 12.8 Å². The van der Waals surface area contributed by atoms with Gasteiger partial charge in [0, 0.05) is 26.2 Å². The molecule has 16 heavy (non-hydrogen) atoms. The van der Waals surface area contributed by atoms with Crippen molar-refractivity contribution in [3.05, 3.63) is 0 Å². The summed E-state index contributed by atoms with van der Waals surface area (Å²) in [6.45, 7) is 4.97. The van der Waals surface area contributed by atoms with Crippen LogP contribution in [0.25, 0.3) is 0 Å². The van der Waals surface area contributed by atoms with E-state index in [2.05, 4.69) is 5.32 Å². The van der Waals surface area contributed by atoms with Crippen LogP contribution in [0.5, 0.6) is 0 Å². The van der Waals surface area contributed by atoms with Crippen molar-refractivity contribution < 1.29 is 9.53 Å². The third kappa shape index (κ3) is 4.94. The van der Waals surface area contributed by atoms with Crippen LogP contribution < -0.4 is 5.32 Å². The molecule has 0 bridgehead atoms. The summed E-state index contributed by atoms with van der Waals surface area (Å²) in [4.78, 5) is 13.9. The number of nitrogens with one attached hydrogen (secondary N) is 1. The first kappa shape index (κ1) is 13.5. The van der Waals surface area contributed by atoms with Gasteiger partial charge in [0.2, 0.25) is 5.91 Å². The number of hydrogen-bond donors (Lipinski definition) is 1. The van der Waals surface area contributed by atoms with E-state index in [1.54, 1.807) is 7.11 Å². The molecule has 1 aliphatic heterocycles. The Hall–Kier alpha value is -0.610. The van der Waals surface area contributed by atoms with Crippen molar-refractivity contribution in [3.8, 4) is 0 Å². The monoisotopic (exact) mass is 228 g/mol. The van der Waals surface area contributed by atoms with E-state index in [-0.39, 0.29) is 11.9 Å². The molecular weight excluding hydrogens is 204 g/mol. The van der Waals surface area contributed by atoms with E-state index in [0.717, 1.165) is 25.9 Å². The van der Waals surface area contributed by atoms with Crippen molar-refractivity contribution in [2.24, 2.45) is 0 Å². The molecule has 1 rings (SSSR count). The van der Waals surface area contributed by atoms with E-state index >= 15 is 0 Å². The molecule has 4 nitrogen and oxygen atoms in total. The van der Waals surface area contributed by atoms with E-state index in [0.29, 0.717) is 13.2 Å². The second-order valence-corrected chi connectivity index (χ2v) is 4.53. The average Bonchev–Trinajstić information content (AvgIpc) is 2.55. The maximum atomic E-state index is 11.9. The molecule has 1 unspecified atom stereocenters. The predicted octanol–water partition coefficient (Wildman–Crippen LogP) is 1.01. The molecule has 0 aromatic heterocycles. The number of hydrogen-bond acceptors (Lipinski definition) is 3. The molecule has 94 valence electrons. The van der Waals surface area contributed by atoms with Crippen molar-refractivity contribution in [3.63, 3.8) is 0 Å². The van der Waals surface area contributed by atoms with E-state index in [1.807, 2.05) is 11.8 Å². The van der Waals surface area contributed by atoms with Gasteiger partial charge in [0.15, 0.2) is 0 Å². The van der Waals surface area contributed by atoms with Crippen LogP contribution in [0.2, 0.25) is 0 Å². The Balaban J connectivity index is 2.22. The summed E-state index contributed by atoms with van der Waals surface area (Å²) < 4.78 is 5.01. The Labute approximate surface area is 98.3 Å². The lowest BCUT2D eigenvalue weighted by atomic mass is 10.2. The summed E-state index contributed by atoms with van der Waals surface area (Å²) in [6.07, 6.45) is 4.83. The normalized spacial score (nSPS) is 19.2. The number of carbonyl (C=O) groups is 1. The van der Waals surface area contributed by atoms with Crippen molar-refractivity contribution in [2.45, 2.75) is 38.6 Å². The maximum absolute atomic E-state index is 11.9. The summed E-state index contributed by atoms with van der Waals surface area (Å²) >= 11 is 0. The van der Waals surface area contributed by atoms with Gasteiger partial charge in [-0.15, -0.1) is 0 Å². The molecule has 0 aromatic rings. The van der Waals surface area contributed by atoms with Crippen LogP contribution in [-0.4, -0.2) is 50.2 Å². The molecule has 4 heteroatoms. The highest BCUT2D eigenvalue weighted by Gasteiger charge is 2.15. The Bertz CT molecular complexity index is 201. The minimum absolute atomic E-state index is 0.227. The smallest absolute Gasteiger partial charge is 0.236 e. The zero-order valence-electron chi connectivity index (χ0n) is 10.5. The quantitative estimate of drug-likeness (QED) is 0.763. The average molecular weight is 228 g/mol. The van der Waals surface area contributed by atoms with Crippen molar-refractivity contribution in [1.29, 1.82) is 0 Å². The van der Waals surface area contributed by atoms with E-state index < -0.39 is 0 Å². The molecule has 0 spiro atoms. The molecular formula is C12H24N2O2. The fourth-order valence-corrected chi connectivity index (χ4v) is 2.00. The van der Waals surface area contributed by atoms with Crippen molar-refractivity contribution in [1.82, 2.24) is 10.2 Å². The number of nitrogens with zero attached hydrogens (tertiary/aromatic N) is 1. The molecule has 1 heterocycles. The van der Waals surface area contributed by atoms with Gasteiger partial charge in [-0.05, 0) is 19.8 Å². The van der Waals surface area contributed by atoms with E-state index in [4.69, 9.17) is 4.74 Å². The molecule has 1 saturated heterocycles. The Morgan fingerprint density at radius 2 is 1.94 bits per heavy atom. The standard InChI is InChI=1S/C12H24N2O2/c1-11(10-16-2)13-9-12(15)14-7-5-3-4-6-8-14/h11,13H,3-10H2,1-2H3. The number of ether oxygens (including phenoxy) is 1. The fraction of sp³-hybridized carbons (Fsp3) is 0.917. The first-order valence-electron chi connectivity index (χ1n) is 6.24. The molecule has 1 atom stereocenters. The van der Waals surface area contributed by atoms with Gasteiger partial charge >= 0.3 is 0 Å². The lowest BCUT2D eigenvalue weighted by molar-refractivity contribution is -0.130. The summed E-state index contributed by atoms with van der Waals surface area (Å²) in [5, 5.41) is 3.18. The van der Waals surface area contributed by atoms with E-state index in [1.165, 1.54) is 12.8 Å². The SMILES string of the molecule is COCC(C)NCC(=O)N1CCCCCC1. The van der Waals surface area contributed by atoms with Crippen LogP contribution in [0.4, 0.5) is 0 Å². The second-order valence-electron chi connectivity index (χ2n) is 4.53. The van der Waals surface area contributed by atoms with Gasteiger partial charge in [-0.3, -0.25) is 4.79 Å². The summed E-state index contributed by atoms with van der Waals surface area (Å²) in [7, 11) is 1.68. The molecule has 0 aliphatic carbocycles. The maximum Gasteiger partial charge on any atom is 0.236 e. The van der Waals surface area contributed by atoms with Crippen LogP contribution in [0.15, 0.2) is 0 Å². The lowest BCUT2D eigenvalue weighted by Gasteiger charge is -2.21. The number of carbonyl (C=O) groups excluding carboxylic acids is 1. The molecule has 1 amide bonds. The van der Waals surface area contributed by atoms with Crippen LogP contribution in [0, 0.1) is 0 Å². The largest absolute Gasteiger partial charge is 0.383 e. The van der Waals surface area contributed by atoms with Gasteiger partial charge in [-0.2, -0.15) is 0 Å². The fourth-order valence-electron chi connectivity index (χ4n) is 2.00. The van der Waals surface area contributed by atoms with Gasteiger partial charge in [0.05, 0.1) is 13.2 Å². The summed E-state index contributed by atoms with van der Waals surface area (Å²) in [6, 6.07) is 0.237. The molecule has 0 aromatic carbocycles. The first-order chi connectivity index (χ1) is 7.74. The van der Waals surface area contributed by atoms with Crippen LogP contribution >= 0.6 is 0 Å². The first-order valence-corrected chi connectivity index (χ1v) is 6.24. The summed E-state index contributed by atoms with van der Waals surface area (Å²) in [5.74, 6) is 0.227. The minimum atomic E-state index is 0.227. The highest BCUT2D eigenvalue weighted by molar-refractivity contribution is 5.78. The second kappa shape index (κ2) is 7.63. The highest BCUT2D eigenvalue weighted by Crippen LogP contribution is 2.09. The van der Waals surface area contributed by atoms with Gasteiger partial charge in [0.1, 0.15) is 0 Å². The number of rotatable bonds is 5. The molecule has 1 fully saturated rings. The zero-order valence-corrected chi connectivity index (χ0v) is 10.5. The Morgan fingerprint density at radius 1 is 1.31 bits per heavy atom. The van der Waals surface area contributed by atoms with Crippen LogP contribution in [-0.2, 0) is 9.53 Å². The molecule has 1 N–H and O–H groups in total. The minimum Gasteiger partial charge on any atom is -0.383 e. The lowest BCUT2D eigenvalue weighted by Crippen LogP contribution is -2.42.